The van der Waals surface area contributed by atoms with Gasteiger partial charge in [-0.1, -0.05) is 48.5 Å². The fourth-order valence-electron chi connectivity index (χ4n) is 2.26. The highest BCUT2D eigenvalue weighted by atomic mass is 16.6. The lowest BCUT2D eigenvalue weighted by Gasteiger charge is -2.14. The molecule has 0 aliphatic rings. The lowest BCUT2D eigenvalue weighted by Crippen LogP contribution is -2.36. The molecule has 25 heavy (non-hydrogen) atoms. The van der Waals surface area contributed by atoms with E-state index in [2.05, 4.69) is 17.4 Å². The molecule has 0 heterocycles. The highest BCUT2D eigenvalue weighted by molar-refractivity contribution is 5.81. The molecule has 1 amide bonds. The lowest BCUT2D eigenvalue weighted by atomic mass is 10.1. The molecular formula is C20H23NO4. The minimum atomic E-state index is -0.573. The fraction of sp³-hybridized carbons (Fsp3) is 0.300. The van der Waals surface area contributed by atoms with Crippen molar-refractivity contribution in [2.45, 2.75) is 25.8 Å². The number of esters is 1. The first-order valence-corrected chi connectivity index (χ1v) is 8.30. The first kappa shape index (κ1) is 18.5. The summed E-state index contributed by atoms with van der Waals surface area (Å²) in [6.45, 7) is 1.41. The van der Waals surface area contributed by atoms with Gasteiger partial charge in [0.15, 0.2) is 13.2 Å². The van der Waals surface area contributed by atoms with Crippen molar-refractivity contribution >= 4 is 11.9 Å². The Morgan fingerprint density at radius 2 is 1.60 bits per heavy atom. The second-order valence-corrected chi connectivity index (χ2v) is 5.76. The summed E-state index contributed by atoms with van der Waals surface area (Å²) in [6.07, 6.45) is 1.70. The maximum Gasteiger partial charge on any atom is 0.344 e. The third-order valence-electron chi connectivity index (χ3n) is 3.58. The Morgan fingerprint density at radius 3 is 2.28 bits per heavy atom. The SMILES string of the molecule is C[C@H](CCc1ccccc1)NC(=O)COC(=O)COc1ccccc1. The zero-order chi connectivity index (χ0) is 17.9. The van der Waals surface area contributed by atoms with E-state index in [9.17, 15) is 9.59 Å². The van der Waals surface area contributed by atoms with Gasteiger partial charge in [-0.05, 0) is 37.5 Å². The summed E-state index contributed by atoms with van der Waals surface area (Å²) in [5.74, 6) is -0.303. The number of hydrogen-bond acceptors (Lipinski definition) is 4. The summed E-state index contributed by atoms with van der Waals surface area (Å²) in [5, 5.41) is 2.82. The highest BCUT2D eigenvalue weighted by Gasteiger charge is 2.11. The van der Waals surface area contributed by atoms with E-state index in [1.807, 2.05) is 43.3 Å². The van der Waals surface area contributed by atoms with Crippen molar-refractivity contribution in [2.75, 3.05) is 13.2 Å². The number of ether oxygens (including phenoxy) is 2. The molecule has 2 aromatic carbocycles. The molecule has 1 atom stereocenters. The predicted molar refractivity (Wildman–Crippen MR) is 95.3 cm³/mol. The van der Waals surface area contributed by atoms with Crippen molar-refractivity contribution in [3.8, 4) is 5.75 Å². The fourth-order valence-corrected chi connectivity index (χ4v) is 2.26. The standard InChI is InChI=1S/C20H23NO4/c1-16(12-13-17-8-4-2-5-9-17)21-19(22)14-25-20(23)15-24-18-10-6-3-7-11-18/h2-11,16H,12-15H2,1H3,(H,21,22)/t16-/m1/s1. The van der Waals surface area contributed by atoms with Crippen molar-refractivity contribution in [1.82, 2.24) is 5.32 Å². The van der Waals surface area contributed by atoms with E-state index in [4.69, 9.17) is 9.47 Å². The molecule has 0 aromatic heterocycles. The van der Waals surface area contributed by atoms with Gasteiger partial charge >= 0.3 is 5.97 Å². The van der Waals surface area contributed by atoms with Crippen LogP contribution in [-0.4, -0.2) is 31.1 Å². The Hall–Kier alpha value is -2.82. The zero-order valence-electron chi connectivity index (χ0n) is 14.3. The molecule has 0 fully saturated rings. The summed E-state index contributed by atoms with van der Waals surface area (Å²) in [7, 11) is 0. The molecule has 0 saturated heterocycles. The molecule has 1 N–H and O–H groups in total. The Kier molecular flexibility index (Phi) is 7.50. The lowest BCUT2D eigenvalue weighted by molar-refractivity contribution is -0.150. The number of hydrogen-bond donors (Lipinski definition) is 1. The average Bonchev–Trinajstić information content (AvgIpc) is 2.65. The summed E-state index contributed by atoms with van der Waals surface area (Å²) in [6, 6.07) is 19.1. The molecule has 0 aliphatic carbocycles. The minimum Gasteiger partial charge on any atom is -0.482 e. The molecule has 0 radical (unpaired) electrons. The van der Waals surface area contributed by atoms with Crippen molar-refractivity contribution in [1.29, 1.82) is 0 Å². The molecule has 2 aromatic rings. The Bertz CT molecular complexity index is 658. The van der Waals surface area contributed by atoms with Gasteiger partial charge in [0.25, 0.3) is 5.91 Å². The molecular weight excluding hydrogens is 318 g/mol. The zero-order valence-corrected chi connectivity index (χ0v) is 14.3. The number of amides is 1. The Morgan fingerprint density at radius 1 is 0.960 bits per heavy atom. The van der Waals surface area contributed by atoms with Gasteiger partial charge < -0.3 is 14.8 Å². The summed E-state index contributed by atoms with van der Waals surface area (Å²) < 4.78 is 10.2. The van der Waals surface area contributed by atoms with E-state index < -0.39 is 5.97 Å². The minimum absolute atomic E-state index is 0.00646. The van der Waals surface area contributed by atoms with E-state index >= 15 is 0 Å². The van der Waals surface area contributed by atoms with Gasteiger partial charge in [0.1, 0.15) is 5.75 Å². The number of rotatable bonds is 9. The second-order valence-electron chi connectivity index (χ2n) is 5.76. The number of nitrogens with one attached hydrogen (secondary N) is 1. The van der Waals surface area contributed by atoms with E-state index in [0.717, 1.165) is 12.8 Å². The maximum absolute atomic E-state index is 11.8. The average molecular weight is 341 g/mol. The van der Waals surface area contributed by atoms with Gasteiger partial charge in [-0.3, -0.25) is 4.79 Å². The third-order valence-corrected chi connectivity index (χ3v) is 3.58. The molecule has 0 spiro atoms. The van der Waals surface area contributed by atoms with Crippen LogP contribution >= 0.6 is 0 Å². The van der Waals surface area contributed by atoms with Crippen LogP contribution in [0.3, 0.4) is 0 Å². The summed E-state index contributed by atoms with van der Waals surface area (Å²) in [5.41, 5.74) is 1.23. The predicted octanol–water partition coefficient (Wildman–Crippen LogP) is 2.75. The Balaban J connectivity index is 1.60. The number of para-hydroxylation sites is 1. The molecule has 0 aliphatic heterocycles. The first-order valence-electron chi connectivity index (χ1n) is 8.30. The van der Waals surface area contributed by atoms with Crippen molar-refractivity contribution in [3.63, 3.8) is 0 Å². The first-order chi connectivity index (χ1) is 12.1. The molecule has 0 unspecified atom stereocenters. The van der Waals surface area contributed by atoms with Crippen LogP contribution in [0.15, 0.2) is 60.7 Å². The van der Waals surface area contributed by atoms with Crippen LogP contribution in [0.4, 0.5) is 0 Å². The van der Waals surface area contributed by atoms with Crippen LogP contribution in [0.2, 0.25) is 0 Å². The molecule has 0 bridgehead atoms. The highest BCUT2D eigenvalue weighted by Crippen LogP contribution is 2.08. The summed E-state index contributed by atoms with van der Waals surface area (Å²) in [4.78, 5) is 23.4. The van der Waals surface area contributed by atoms with E-state index in [1.54, 1.807) is 12.1 Å². The van der Waals surface area contributed by atoms with Crippen LogP contribution in [0.25, 0.3) is 0 Å². The topological polar surface area (TPSA) is 64.6 Å². The molecule has 132 valence electrons. The summed E-state index contributed by atoms with van der Waals surface area (Å²) >= 11 is 0. The van der Waals surface area contributed by atoms with Gasteiger partial charge in [0.05, 0.1) is 0 Å². The van der Waals surface area contributed by atoms with Crippen LogP contribution in [0.1, 0.15) is 18.9 Å². The number of aryl methyl sites for hydroxylation is 1. The quantitative estimate of drug-likeness (QED) is 0.712. The van der Waals surface area contributed by atoms with Gasteiger partial charge in [0.2, 0.25) is 0 Å². The molecule has 5 nitrogen and oxygen atoms in total. The smallest absolute Gasteiger partial charge is 0.344 e. The van der Waals surface area contributed by atoms with Crippen molar-refractivity contribution in [3.05, 3.63) is 66.2 Å². The maximum atomic E-state index is 11.8. The van der Waals surface area contributed by atoms with Crippen molar-refractivity contribution in [2.24, 2.45) is 0 Å². The van der Waals surface area contributed by atoms with Crippen LogP contribution in [0.5, 0.6) is 5.75 Å². The largest absolute Gasteiger partial charge is 0.482 e. The molecule has 5 heteroatoms. The monoisotopic (exact) mass is 341 g/mol. The third kappa shape index (κ3) is 7.52. The van der Waals surface area contributed by atoms with Crippen LogP contribution < -0.4 is 10.1 Å². The van der Waals surface area contributed by atoms with Gasteiger partial charge in [-0.2, -0.15) is 0 Å². The van der Waals surface area contributed by atoms with Gasteiger partial charge in [0, 0.05) is 6.04 Å². The normalized spacial score (nSPS) is 11.4. The number of benzene rings is 2. The number of carbonyl (C=O) groups is 2. The van der Waals surface area contributed by atoms with E-state index in [0.29, 0.717) is 5.75 Å². The Labute approximate surface area is 148 Å². The van der Waals surface area contributed by atoms with Gasteiger partial charge in [-0.15, -0.1) is 0 Å². The van der Waals surface area contributed by atoms with Crippen LogP contribution in [0, 0.1) is 0 Å². The molecule has 0 saturated carbocycles. The van der Waals surface area contributed by atoms with E-state index in [-0.39, 0.29) is 25.2 Å². The van der Waals surface area contributed by atoms with Crippen LogP contribution in [-0.2, 0) is 20.7 Å². The second kappa shape index (κ2) is 10.1. The van der Waals surface area contributed by atoms with Crippen molar-refractivity contribution < 1.29 is 19.1 Å². The van der Waals surface area contributed by atoms with Gasteiger partial charge in [-0.25, -0.2) is 4.79 Å². The van der Waals surface area contributed by atoms with E-state index in [1.165, 1.54) is 5.56 Å². The molecule has 2 rings (SSSR count). The number of carbonyl (C=O) groups excluding carboxylic acids is 2.